The summed E-state index contributed by atoms with van der Waals surface area (Å²) >= 11 is 0. The van der Waals surface area contributed by atoms with Crippen molar-refractivity contribution in [1.29, 1.82) is 0 Å². The maximum absolute atomic E-state index is 11.3. The second kappa shape index (κ2) is 3.29. The molecule has 0 spiro atoms. The molecule has 8 heteroatoms. The van der Waals surface area contributed by atoms with Crippen molar-refractivity contribution < 1.29 is 12.8 Å². The number of hydrogen-bond donors (Lipinski definition) is 2. The fourth-order valence-corrected chi connectivity index (χ4v) is 1.79. The minimum atomic E-state index is -3.89. The largest absolute Gasteiger partial charge is 0.419 e. The first-order valence-corrected chi connectivity index (χ1v) is 5.62. The smallest absolute Gasteiger partial charge is 0.372 e. The van der Waals surface area contributed by atoms with E-state index in [1.54, 1.807) is 0 Å². The van der Waals surface area contributed by atoms with Crippen molar-refractivity contribution in [3.05, 3.63) is 39.2 Å². The Morgan fingerprint density at radius 1 is 1.25 bits per heavy atom. The highest BCUT2D eigenvalue weighted by atomic mass is 32.2. The van der Waals surface area contributed by atoms with Crippen LogP contribution >= 0.6 is 0 Å². The van der Waals surface area contributed by atoms with E-state index >= 15 is 0 Å². The highest BCUT2D eigenvalue weighted by Gasteiger charge is 2.10. The fourth-order valence-electron chi connectivity index (χ4n) is 1.25. The van der Waals surface area contributed by atoms with Crippen LogP contribution in [0.25, 0.3) is 10.9 Å². The minimum Gasteiger partial charge on any atom is -0.372 e. The standard InChI is InChI=1S/C8H6N2O5S/c9-16(13,14)4-1-2-6-5(3-4)7(11)15-8(12)10-6/h1-3H,(H,10,12)(H2,9,13,14). The average molecular weight is 242 g/mol. The monoisotopic (exact) mass is 242 g/mol. The number of nitrogens with one attached hydrogen (secondary N) is 1. The lowest BCUT2D eigenvalue weighted by Gasteiger charge is -1.99. The zero-order chi connectivity index (χ0) is 11.9. The summed E-state index contributed by atoms with van der Waals surface area (Å²) < 4.78 is 26.3. The Morgan fingerprint density at radius 3 is 2.56 bits per heavy atom. The van der Waals surface area contributed by atoms with Gasteiger partial charge in [-0.15, -0.1) is 0 Å². The molecular formula is C8H6N2O5S. The van der Waals surface area contributed by atoms with Crippen molar-refractivity contribution in [3.63, 3.8) is 0 Å². The van der Waals surface area contributed by atoms with Crippen molar-refractivity contribution in [2.75, 3.05) is 0 Å². The van der Waals surface area contributed by atoms with Gasteiger partial charge in [0.25, 0.3) is 0 Å². The molecule has 0 saturated carbocycles. The van der Waals surface area contributed by atoms with E-state index in [4.69, 9.17) is 5.14 Å². The first-order chi connectivity index (χ1) is 7.38. The van der Waals surface area contributed by atoms with Gasteiger partial charge < -0.3 is 4.42 Å². The number of sulfonamides is 1. The molecule has 0 amide bonds. The molecular weight excluding hydrogens is 236 g/mol. The number of fused-ring (bicyclic) bond motifs is 1. The first kappa shape index (κ1) is 10.6. The Labute approximate surface area is 88.6 Å². The van der Waals surface area contributed by atoms with Crippen LogP contribution in [0.15, 0.2) is 37.1 Å². The van der Waals surface area contributed by atoms with E-state index in [-0.39, 0.29) is 15.8 Å². The fraction of sp³-hybridized carbons (Fsp3) is 0. The SMILES string of the molecule is NS(=O)(=O)c1ccc2[nH]c(=O)oc(=O)c2c1. The Bertz CT molecular complexity index is 771. The van der Waals surface area contributed by atoms with Crippen molar-refractivity contribution >= 4 is 20.9 Å². The second-order valence-corrected chi connectivity index (χ2v) is 4.62. The Balaban J connectivity index is 2.93. The number of H-pyrrole nitrogens is 1. The van der Waals surface area contributed by atoms with Gasteiger partial charge in [0.05, 0.1) is 15.8 Å². The van der Waals surface area contributed by atoms with Crippen molar-refractivity contribution in [3.8, 4) is 0 Å². The molecule has 0 aliphatic rings. The Kier molecular flexibility index (Phi) is 2.17. The highest BCUT2D eigenvalue weighted by Crippen LogP contribution is 2.12. The van der Waals surface area contributed by atoms with Crippen LogP contribution in [-0.2, 0) is 10.0 Å². The quantitative estimate of drug-likeness (QED) is 0.672. The lowest BCUT2D eigenvalue weighted by atomic mass is 10.2. The van der Waals surface area contributed by atoms with E-state index in [1.165, 1.54) is 12.1 Å². The van der Waals surface area contributed by atoms with Gasteiger partial charge in [0, 0.05) is 0 Å². The van der Waals surface area contributed by atoms with Gasteiger partial charge in [-0.05, 0) is 18.2 Å². The molecule has 3 N–H and O–H groups in total. The number of benzene rings is 1. The second-order valence-electron chi connectivity index (χ2n) is 3.05. The van der Waals surface area contributed by atoms with Crippen LogP contribution in [0, 0.1) is 0 Å². The van der Waals surface area contributed by atoms with Crippen molar-refractivity contribution in [2.24, 2.45) is 5.14 Å². The molecule has 1 aromatic heterocycles. The van der Waals surface area contributed by atoms with Gasteiger partial charge in [-0.25, -0.2) is 23.1 Å². The maximum atomic E-state index is 11.3. The van der Waals surface area contributed by atoms with Crippen LogP contribution in [0.3, 0.4) is 0 Å². The summed E-state index contributed by atoms with van der Waals surface area (Å²) in [6.45, 7) is 0. The van der Waals surface area contributed by atoms with E-state index < -0.39 is 21.4 Å². The summed E-state index contributed by atoms with van der Waals surface area (Å²) in [5.41, 5.74) is -0.724. The summed E-state index contributed by atoms with van der Waals surface area (Å²) in [5, 5.41) is 4.85. The van der Waals surface area contributed by atoms with E-state index in [1.807, 2.05) is 0 Å². The third kappa shape index (κ3) is 1.75. The molecule has 2 aromatic rings. The lowest BCUT2D eigenvalue weighted by Crippen LogP contribution is -2.16. The molecule has 1 aromatic carbocycles. The molecule has 2 rings (SSSR count). The predicted octanol–water partition coefficient (Wildman–Crippen LogP) is -0.871. The molecule has 1 heterocycles. The summed E-state index contributed by atoms with van der Waals surface area (Å²) in [6, 6.07) is 3.51. The molecule has 16 heavy (non-hydrogen) atoms. The van der Waals surface area contributed by atoms with Gasteiger partial charge in [0.1, 0.15) is 0 Å². The molecule has 0 fully saturated rings. The Morgan fingerprint density at radius 2 is 1.94 bits per heavy atom. The summed E-state index contributed by atoms with van der Waals surface area (Å²) in [5.74, 6) is -0.902. The number of hydrogen-bond acceptors (Lipinski definition) is 5. The third-order valence-electron chi connectivity index (χ3n) is 1.96. The zero-order valence-electron chi connectivity index (χ0n) is 7.76. The van der Waals surface area contributed by atoms with Crippen molar-refractivity contribution in [1.82, 2.24) is 4.98 Å². The van der Waals surface area contributed by atoms with Gasteiger partial charge in [0.15, 0.2) is 0 Å². The van der Waals surface area contributed by atoms with Gasteiger partial charge in [0.2, 0.25) is 10.0 Å². The van der Waals surface area contributed by atoms with Gasteiger partial charge in [-0.2, -0.15) is 0 Å². The minimum absolute atomic E-state index is 0.0499. The molecule has 0 aliphatic heterocycles. The molecule has 0 aliphatic carbocycles. The maximum Gasteiger partial charge on any atom is 0.419 e. The van der Waals surface area contributed by atoms with Crippen LogP contribution in [0.4, 0.5) is 0 Å². The van der Waals surface area contributed by atoms with E-state index in [2.05, 4.69) is 9.40 Å². The molecule has 0 saturated heterocycles. The number of primary sulfonamides is 1. The molecule has 0 atom stereocenters. The number of nitrogens with two attached hydrogens (primary N) is 1. The van der Waals surface area contributed by atoms with E-state index in [0.29, 0.717) is 0 Å². The average Bonchev–Trinajstić information content (AvgIpc) is 2.15. The highest BCUT2D eigenvalue weighted by molar-refractivity contribution is 7.89. The van der Waals surface area contributed by atoms with E-state index in [9.17, 15) is 18.0 Å². The lowest BCUT2D eigenvalue weighted by molar-refractivity contribution is 0.460. The number of aromatic nitrogens is 1. The molecule has 84 valence electrons. The van der Waals surface area contributed by atoms with E-state index in [0.717, 1.165) is 6.07 Å². The van der Waals surface area contributed by atoms with Gasteiger partial charge in [-0.3, -0.25) is 4.98 Å². The van der Waals surface area contributed by atoms with Crippen LogP contribution < -0.4 is 16.5 Å². The zero-order valence-corrected chi connectivity index (χ0v) is 8.58. The normalized spacial score (nSPS) is 11.8. The summed E-state index contributed by atoms with van der Waals surface area (Å²) in [6.07, 6.45) is 0. The van der Waals surface area contributed by atoms with Crippen LogP contribution in [0.5, 0.6) is 0 Å². The molecule has 7 nitrogen and oxygen atoms in total. The molecule has 0 unspecified atom stereocenters. The molecule has 0 bridgehead atoms. The third-order valence-corrected chi connectivity index (χ3v) is 2.87. The Hall–Kier alpha value is -1.93. The number of rotatable bonds is 1. The number of aromatic amines is 1. The van der Waals surface area contributed by atoms with Crippen LogP contribution in [-0.4, -0.2) is 13.4 Å². The first-order valence-electron chi connectivity index (χ1n) is 4.08. The van der Waals surface area contributed by atoms with Crippen LogP contribution in [0.1, 0.15) is 0 Å². The van der Waals surface area contributed by atoms with Crippen LogP contribution in [0.2, 0.25) is 0 Å². The predicted molar refractivity (Wildman–Crippen MR) is 54.5 cm³/mol. The topological polar surface area (TPSA) is 123 Å². The summed E-state index contributed by atoms with van der Waals surface area (Å²) in [7, 11) is -3.89. The molecule has 0 radical (unpaired) electrons. The summed E-state index contributed by atoms with van der Waals surface area (Å²) in [4.78, 5) is 24.1. The van der Waals surface area contributed by atoms with Crippen molar-refractivity contribution in [2.45, 2.75) is 4.90 Å². The van der Waals surface area contributed by atoms with Gasteiger partial charge >= 0.3 is 11.4 Å². The van der Waals surface area contributed by atoms with Gasteiger partial charge in [-0.1, -0.05) is 0 Å².